The van der Waals surface area contributed by atoms with Gasteiger partial charge in [0.2, 0.25) is 11.7 Å². The van der Waals surface area contributed by atoms with Gasteiger partial charge >= 0.3 is 0 Å². The maximum Gasteiger partial charge on any atom is 0.246 e. The number of tetrazole rings is 1. The second-order valence-corrected chi connectivity index (χ2v) is 7.43. The van der Waals surface area contributed by atoms with Crippen molar-refractivity contribution in [1.82, 2.24) is 25.6 Å². The highest BCUT2D eigenvalue weighted by atomic mass is 16.5. The third-order valence-corrected chi connectivity index (χ3v) is 5.16. The summed E-state index contributed by atoms with van der Waals surface area (Å²) in [7, 11) is 0. The summed E-state index contributed by atoms with van der Waals surface area (Å²) in [4.78, 5) is 16.2. The number of ether oxygens (including phenoxy) is 1. The number of aromatic nitrogens is 5. The summed E-state index contributed by atoms with van der Waals surface area (Å²) in [5, 5.41) is 14.1. The fourth-order valence-corrected chi connectivity index (χ4v) is 3.54. The number of nitrogens with two attached hydrogens (primary N) is 1. The molecule has 2 aromatic carbocycles. The lowest BCUT2D eigenvalue weighted by Gasteiger charge is -2.24. The quantitative estimate of drug-likeness (QED) is 0.420. The van der Waals surface area contributed by atoms with Gasteiger partial charge in [0, 0.05) is 23.5 Å². The molecule has 32 heavy (non-hydrogen) atoms. The van der Waals surface area contributed by atoms with Gasteiger partial charge in [0.1, 0.15) is 12.2 Å². The van der Waals surface area contributed by atoms with E-state index in [-0.39, 0.29) is 0 Å². The first-order chi connectivity index (χ1) is 15.7. The Morgan fingerprint density at radius 3 is 2.38 bits per heavy atom. The molecule has 4 aromatic rings. The molecule has 2 unspecified atom stereocenters. The number of rotatable bonds is 9. The molecule has 0 saturated heterocycles. The largest absolute Gasteiger partial charge is 0.367 e. The molecule has 2 aromatic heterocycles. The minimum atomic E-state index is -0.652. The van der Waals surface area contributed by atoms with Gasteiger partial charge in [-0.15, -0.1) is 10.2 Å². The molecule has 0 bridgehead atoms. The fourth-order valence-electron chi connectivity index (χ4n) is 3.54. The first kappa shape index (κ1) is 21.3. The van der Waals surface area contributed by atoms with Crippen molar-refractivity contribution in [3.63, 3.8) is 0 Å². The van der Waals surface area contributed by atoms with E-state index in [1.54, 1.807) is 12.4 Å². The number of carbonyl (C=O) groups excluding carboxylic acids is 1. The van der Waals surface area contributed by atoms with Crippen LogP contribution in [0.1, 0.15) is 37.0 Å². The lowest BCUT2D eigenvalue weighted by atomic mass is 9.97. The van der Waals surface area contributed by atoms with Gasteiger partial charge in [-0.2, -0.15) is 5.21 Å². The molecule has 0 fully saturated rings. The van der Waals surface area contributed by atoms with E-state index in [0.29, 0.717) is 12.2 Å². The van der Waals surface area contributed by atoms with Crippen LogP contribution < -0.4 is 5.73 Å². The molecule has 0 saturated carbocycles. The van der Waals surface area contributed by atoms with Gasteiger partial charge in [-0.1, -0.05) is 67.9 Å². The topological polar surface area (TPSA) is 120 Å². The van der Waals surface area contributed by atoms with Crippen molar-refractivity contribution in [2.75, 3.05) is 0 Å². The van der Waals surface area contributed by atoms with Crippen molar-refractivity contribution in [2.45, 2.75) is 32.0 Å². The van der Waals surface area contributed by atoms with Gasteiger partial charge in [0.25, 0.3) is 0 Å². The Bertz CT molecular complexity index is 1150. The molecule has 8 nitrogen and oxygen atoms in total. The van der Waals surface area contributed by atoms with Gasteiger partial charge in [0.15, 0.2) is 0 Å². The molecule has 0 radical (unpaired) electrons. The number of H-pyrrole nitrogens is 1. The van der Waals surface area contributed by atoms with Gasteiger partial charge in [-0.05, 0) is 34.4 Å². The van der Waals surface area contributed by atoms with Gasteiger partial charge in [-0.25, -0.2) is 0 Å². The number of primary amides is 1. The second kappa shape index (κ2) is 9.93. The van der Waals surface area contributed by atoms with E-state index in [9.17, 15) is 4.79 Å². The normalized spacial score (nSPS) is 12.9. The summed E-state index contributed by atoms with van der Waals surface area (Å²) in [6.45, 7) is 2.00. The van der Waals surface area contributed by atoms with E-state index in [1.165, 1.54) is 0 Å². The van der Waals surface area contributed by atoms with Gasteiger partial charge < -0.3 is 10.5 Å². The lowest BCUT2D eigenvalue weighted by Crippen LogP contribution is -2.32. The van der Waals surface area contributed by atoms with Crippen LogP contribution in [0, 0.1) is 0 Å². The van der Waals surface area contributed by atoms with Crippen LogP contribution in [-0.2, 0) is 9.53 Å². The predicted octanol–water partition coefficient (Wildman–Crippen LogP) is 3.69. The summed E-state index contributed by atoms with van der Waals surface area (Å²) in [5.41, 5.74) is 10.2. The van der Waals surface area contributed by atoms with Crippen molar-refractivity contribution in [3.8, 4) is 22.5 Å². The third-order valence-electron chi connectivity index (χ3n) is 5.16. The van der Waals surface area contributed by atoms with E-state index >= 15 is 0 Å². The Morgan fingerprint density at radius 2 is 1.72 bits per heavy atom. The van der Waals surface area contributed by atoms with Crippen LogP contribution in [-0.4, -0.2) is 37.6 Å². The first-order valence-electron chi connectivity index (χ1n) is 10.4. The number of hydrogen-bond acceptors (Lipinski definition) is 6. The van der Waals surface area contributed by atoms with Crippen LogP contribution in [0.25, 0.3) is 22.5 Å². The summed E-state index contributed by atoms with van der Waals surface area (Å²) in [6, 6.07) is 19.8. The van der Waals surface area contributed by atoms with Gasteiger partial charge in [0.05, 0.1) is 0 Å². The predicted molar refractivity (Wildman–Crippen MR) is 120 cm³/mol. The van der Waals surface area contributed by atoms with Crippen LogP contribution in [0.5, 0.6) is 0 Å². The fraction of sp³-hybridized carbons (Fsp3) is 0.208. The van der Waals surface area contributed by atoms with Crippen molar-refractivity contribution in [2.24, 2.45) is 5.73 Å². The van der Waals surface area contributed by atoms with E-state index in [4.69, 9.17) is 10.5 Å². The average Bonchev–Trinajstić information content (AvgIpc) is 3.38. The lowest BCUT2D eigenvalue weighted by molar-refractivity contribution is -0.132. The zero-order valence-corrected chi connectivity index (χ0v) is 17.7. The van der Waals surface area contributed by atoms with E-state index in [0.717, 1.165) is 34.2 Å². The maximum atomic E-state index is 11.9. The molecule has 8 heteroatoms. The summed E-state index contributed by atoms with van der Waals surface area (Å²) in [5.74, 6) is 0.0377. The number of benzene rings is 2. The minimum absolute atomic E-state index is 0.405. The highest BCUT2D eigenvalue weighted by Gasteiger charge is 2.23. The molecule has 0 aliphatic heterocycles. The number of carbonyl (C=O) groups is 1. The van der Waals surface area contributed by atoms with Crippen LogP contribution in [0.3, 0.4) is 0 Å². The van der Waals surface area contributed by atoms with Gasteiger partial charge in [-0.3, -0.25) is 9.78 Å². The summed E-state index contributed by atoms with van der Waals surface area (Å²) in [6.07, 6.45) is 3.80. The van der Waals surface area contributed by atoms with Crippen molar-refractivity contribution < 1.29 is 9.53 Å². The van der Waals surface area contributed by atoms with E-state index in [2.05, 4.69) is 25.6 Å². The van der Waals surface area contributed by atoms with E-state index in [1.807, 2.05) is 67.6 Å². The Balaban J connectivity index is 1.64. The first-order valence-corrected chi connectivity index (χ1v) is 10.4. The molecule has 0 spiro atoms. The highest BCUT2D eigenvalue weighted by molar-refractivity contribution is 5.78. The van der Waals surface area contributed by atoms with E-state index < -0.39 is 18.1 Å². The molecule has 2 heterocycles. The molecule has 1 amide bonds. The number of pyridine rings is 1. The second-order valence-electron chi connectivity index (χ2n) is 7.43. The Kier molecular flexibility index (Phi) is 6.62. The molecule has 162 valence electrons. The van der Waals surface area contributed by atoms with Crippen LogP contribution in [0.2, 0.25) is 0 Å². The molecule has 0 aliphatic carbocycles. The number of amides is 1. The maximum absolute atomic E-state index is 11.9. The number of nitrogens with one attached hydrogen (secondary N) is 1. The minimum Gasteiger partial charge on any atom is -0.367 e. The number of hydrogen-bond donors (Lipinski definition) is 2. The number of aromatic amines is 1. The Labute approximate surface area is 185 Å². The van der Waals surface area contributed by atoms with Crippen LogP contribution in [0.4, 0.5) is 0 Å². The summed E-state index contributed by atoms with van der Waals surface area (Å²) < 4.78 is 6.22. The Morgan fingerprint density at radius 1 is 1.00 bits per heavy atom. The molecule has 4 rings (SSSR count). The average molecular weight is 428 g/mol. The molecule has 2 atom stereocenters. The van der Waals surface area contributed by atoms with Crippen molar-refractivity contribution >= 4 is 5.91 Å². The smallest absolute Gasteiger partial charge is 0.246 e. The number of nitrogens with zero attached hydrogens (tertiary/aromatic N) is 4. The summed E-state index contributed by atoms with van der Waals surface area (Å²) >= 11 is 0. The SMILES string of the molecule is CCCC(OC(c1ccccc1)c1ccc(-c2cncc(-c3nn[nH]n3)c2)cc1)C(N)=O. The van der Waals surface area contributed by atoms with Crippen molar-refractivity contribution in [3.05, 3.63) is 84.2 Å². The Hall–Kier alpha value is -3.91. The van der Waals surface area contributed by atoms with Crippen LogP contribution >= 0.6 is 0 Å². The highest BCUT2D eigenvalue weighted by Crippen LogP contribution is 2.31. The molecular formula is C24H24N6O2. The van der Waals surface area contributed by atoms with Crippen molar-refractivity contribution in [1.29, 1.82) is 0 Å². The molecule has 3 N–H and O–H groups in total. The zero-order valence-electron chi connectivity index (χ0n) is 17.7. The third kappa shape index (κ3) is 4.87. The van der Waals surface area contributed by atoms with Crippen LogP contribution in [0.15, 0.2) is 73.1 Å². The standard InChI is InChI=1S/C24H24N6O2/c1-2-6-21(23(25)31)32-22(17-7-4-3-5-8-17)18-11-9-16(10-12-18)19-13-20(15-26-14-19)24-27-29-30-28-24/h3-5,7-15,21-22H,2,6H2,1H3,(H2,25,31)(H,27,28,29,30). The monoisotopic (exact) mass is 428 g/mol. The zero-order chi connectivity index (χ0) is 22.3. The molecule has 0 aliphatic rings. The molecular weight excluding hydrogens is 404 g/mol.